The molecular weight excluding hydrogens is 268 g/mol. The van der Waals surface area contributed by atoms with Crippen molar-refractivity contribution in [2.75, 3.05) is 6.54 Å². The van der Waals surface area contributed by atoms with Crippen LogP contribution in [0, 0.1) is 5.41 Å². The van der Waals surface area contributed by atoms with Gasteiger partial charge in [0.15, 0.2) is 10.8 Å². The lowest BCUT2D eigenvalue weighted by Gasteiger charge is -2.34. The first kappa shape index (κ1) is 13.6. The highest BCUT2D eigenvalue weighted by atomic mass is 32.1. The Morgan fingerprint density at radius 3 is 2.80 bits per heavy atom. The molecule has 3 rings (SSSR count). The Morgan fingerprint density at radius 2 is 2.10 bits per heavy atom. The summed E-state index contributed by atoms with van der Waals surface area (Å²) in [6.45, 7) is 7.77. The van der Waals surface area contributed by atoms with Gasteiger partial charge in [-0.1, -0.05) is 20.8 Å². The van der Waals surface area contributed by atoms with E-state index in [-0.39, 0.29) is 0 Å². The molecule has 0 saturated heterocycles. The maximum Gasteiger partial charge on any atom is 0.188 e. The van der Waals surface area contributed by atoms with Crippen LogP contribution in [-0.4, -0.2) is 21.5 Å². The van der Waals surface area contributed by atoms with Gasteiger partial charge in [0.05, 0.1) is 5.69 Å². The van der Waals surface area contributed by atoms with Gasteiger partial charge in [0.1, 0.15) is 0 Å². The van der Waals surface area contributed by atoms with Gasteiger partial charge in [-0.25, -0.2) is 15.0 Å². The molecule has 20 heavy (non-hydrogen) atoms. The second kappa shape index (κ2) is 5.22. The highest BCUT2D eigenvalue weighted by molar-refractivity contribution is 7.15. The first-order valence-corrected chi connectivity index (χ1v) is 7.91. The number of aromatic nitrogens is 3. The molecule has 0 bridgehead atoms. The van der Waals surface area contributed by atoms with Gasteiger partial charge in [-0.15, -0.1) is 11.3 Å². The van der Waals surface area contributed by atoms with Crippen LogP contribution in [0.5, 0.6) is 0 Å². The summed E-state index contributed by atoms with van der Waals surface area (Å²) in [5.74, 6) is 0.736. The largest absolute Gasteiger partial charge is 0.309 e. The van der Waals surface area contributed by atoms with Crippen LogP contribution in [0.15, 0.2) is 18.5 Å². The van der Waals surface area contributed by atoms with E-state index in [1.54, 1.807) is 23.7 Å². The molecule has 1 atom stereocenters. The molecule has 106 valence electrons. The van der Waals surface area contributed by atoms with Crippen molar-refractivity contribution in [1.29, 1.82) is 0 Å². The van der Waals surface area contributed by atoms with E-state index in [2.05, 4.69) is 36.1 Å². The van der Waals surface area contributed by atoms with Crippen LogP contribution in [0.3, 0.4) is 0 Å². The van der Waals surface area contributed by atoms with Crippen LogP contribution in [0.25, 0.3) is 10.8 Å². The van der Waals surface area contributed by atoms with Crippen LogP contribution in [0.1, 0.15) is 43.8 Å². The first-order valence-electron chi connectivity index (χ1n) is 7.09. The van der Waals surface area contributed by atoms with Gasteiger partial charge in [0.25, 0.3) is 0 Å². The van der Waals surface area contributed by atoms with E-state index in [0.29, 0.717) is 11.5 Å². The van der Waals surface area contributed by atoms with Gasteiger partial charge in [0.2, 0.25) is 0 Å². The average Bonchev–Trinajstić information content (AvgIpc) is 2.82. The number of rotatable bonds is 3. The third-order valence-corrected chi connectivity index (χ3v) is 4.86. The summed E-state index contributed by atoms with van der Waals surface area (Å²) in [5, 5.41) is 4.53. The summed E-state index contributed by atoms with van der Waals surface area (Å²) in [7, 11) is 0. The molecule has 2 aromatic heterocycles. The van der Waals surface area contributed by atoms with Crippen molar-refractivity contribution in [3.05, 3.63) is 29.0 Å². The van der Waals surface area contributed by atoms with Gasteiger partial charge in [-0.2, -0.15) is 0 Å². The van der Waals surface area contributed by atoms with Gasteiger partial charge in [0, 0.05) is 23.3 Å². The van der Waals surface area contributed by atoms with Crippen molar-refractivity contribution in [2.45, 2.75) is 39.7 Å². The Labute approximate surface area is 123 Å². The average molecular weight is 288 g/mol. The number of hydrogen-bond acceptors (Lipinski definition) is 5. The lowest BCUT2D eigenvalue weighted by Crippen LogP contribution is -2.32. The quantitative estimate of drug-likeness (QED) is 0.942. The fourth-order valence-electron chi connectivity index (χ4n) is 2.85. The number of thiazole rings is 1. The minimum atomic E-state index is 0.294. The van der Waals surface area contributed by atoms with Crippen molar-refractivity contribution in [3.8, 4) is 10.8 Å². The van der Waals surface area contributed by atoms with Crippen molar-refractivity contribution < 1.29 is 0 Å². The highest BCUT2D eigenvalue weighted by Crippen LogP contribution is 2.44. The summed E-state index contributed by atoms with van der Waals surface area (Å²) in [6.07, 6.45) is 5.74. The molecule has 1 aliphatic carbocycles. The predicted molar refractivity (Wildman–Crippen MR) is 81.7 cm³/mol. The third-order valence-electron chi connectivity index (χ3n) is 3.65. The standard InChI is InChI=1S/C15H20N4S/c1-4-16-10-8-15(2,3)9-11-12(10)20-14(19-11)13-17-6-5-7-18-13/h5-7,10,16H,4,8-9H2,1-3H3. The molecule has 0 aliphatic heterocycles. The van der Waals surface area contributed by atoms with Crippen molar-refractivity contribution >= 4 is 11.3 Å². The second-order valence-electron chi connectivity index (χ2n) is 6.06. The fourth-order valence-corrected chi connectivity index (χ4v) is 3.96. The van der Waals surface area contributed by atoms with Crippen LogP contribution < -0.4 is 5.32 Å². The van der Waals surface area contributed by atoms with Crippen molar-refractivity contribution in [1.82, 2.24) is 20.3 Å². The number of hydrogen-bond donors (Lipinski definition) is 1. The Morgan fingerprint density at radius 1 is 1.35 bits per heavy atom. The molecule has 1 unspecified atom stereocenters. The van der Waals surface area contributed by atoms with Gasteiger partial charge in [-0.3, -0.25) is 0 Å². The van der Waals surface area contributed by atoms with E-state index in [1.165, 1.54) is 10.6 Å². The Hall–Kier alpha value is -1.33. The second-order valence-corrected chi connectivity index (χ2v) is 7.09. The molecule has 0 saturated carbocycles. The van der Waals surface area contributed by atoms with E-state index < -0.39 is 0 Å². The van der Waals surface area contributed by atoms with Crippen LogP contribution in [0.4, 0.5) is 0 Å². The summed E-state index contributed by atoms with van der Waals surface area (Å²) in [5.41, 5.74) is 1.52. The zero-order chi connectivity index (χ0) is 14.2. The smallest absolute Gasteiger partial charge is 0.188 e. The molecule has 4 nitrogen and oxygen atoms in total. The Kier molecular flexibility index (Phi) is 3.56. The van der Waals surface area contributed by atoms with Gasteiger partial charge >= 0.3 is 0 Å². The number of nitrogens with one attached hydrogen (secondary N) is 1. The van der Waals surface area contributed by atoms with E-state index in [9.17, 15) is 0 Å². The molecule has 0 aromatic carbocycles. The molecular formula is C15H20N4S. The van der Waals surface area contributed by atoms with Gasteiger partial charge < -0.3 is 5.32 Å². The lowest BCUT2D eigenvalue weighted by atomic mass is 9.76. The van der Waals surface area contributed by atoms with Crippen molar-refractivity contribution in [3.63, 3.8) is 0 Å². The molecule has 1 aliphatic rings. The summed E-state index contributed by atoms with van der Waals surface area (Å²) in [4.78, 5) is 14.8. The fraction of sp³-hybridized carbons (Fsp3) is 0.533. The third kappa shape index (κ3) is 2.60. The molecule has 0 spiro atoms. The molecule has 2 aromatic rings. The van der Waals surface area contributed by atoms with Crippen molar-refractivity contribution in [2.24, 2.45) is 5.41 Å². The topological polar surface area (TPSA) is 50.7 Å². The molecule has 0 fully saturated rings. The molecule has 0 radical (unpaired) electrons. The zero-order valence-electron chi connectivity index (χ0n) is 12.2. The Bertz CT molecular complexity index is 591. The molecule has 5 heteroatoms. The zero-order valence-corrected chi connectivity index (χ0v) is 13.0. The minimum Gasteiger partial charge on any atom is -0.309 e. The first-order chi connectivity index (χ1) is 9.59. The van der Waals surface area contributed by atoms with E-state index in [4.69, 9.17) is 4.98 Å². The van der Waals surface area contributed by atoms with Crippen LogP contribution >= 0.6 is 11.3 Å². The lowest BCUT2D eigenvalue weighted by molar-refractivity contribution is 0.260. The van der Waals surface area contributed by atoms with Gasteiger partial charge in [-0.05, 0) is 30.9 Å². The summed E-state index contributed by atoms with van der Waals surface area (Å²) < 4.78 is 0. The normalized spacial score (nSPS) is 20.6. The highest BCUT2D eigenvalue weighted by Gasteiger charge is 2.34. The molecule has 1 N–H and O–H groups in total. The SMILES string of the molecule is CCNC1CC(C)(C)Cc2nc(-c3ncccn3)sc21. The molecule has 2 heterocycles. The van der Waals surface area contributed by atoms with E-state index in [1.807, 2.05) is 6.07 Å². The van der Waals surface area contributed by atoms with E-state index >= 15 is 0 Å². The van der Waals surface area contributed by atoms with Crippen LogP contribution in [-0.2, 0) is 6.42 Å². The minimum absolute atomic E-state index is 0.294. The predicted octanol–water partition coefficient (Wildman–Crippen LogP) is 3.22. The van der Waals surface area contributed by atoms with E-state index in [0.717, 1.165) is 30.2 Å². The van der Waals surface area contributed by atoms with Crippen LogP contribution in [0.2, 0.25) is 0 Å². The number of fused-ring (bicyclic) bond motifs is 1. The maximum absolute atomic E-state index is 4.80. The Balaban J connectivity index is 2.00. The number of nitrogens with zero attached hydrogens (tertiary/aromatic N) is 3. The maximum atomic E-state index is 4.80. The monoisotopic (exact) mass is 288 g/mol. The molecule has 0 amide bonds. The summed E-state index contributed by atoms with van der Waals surface area (Å²) >= 11 is 1.74. The summed E-state index contributed by atoms with van der Waals surface area (Å²) in [6, 6.07) is 2.25.